The molecule has 2 aliphatic heterocycles. The number of rotatable bonds is 7. The third-order valence-electron chi connectivity index (χ3n) is 6.07. The molecule has 34 heavy (non-hydrogen) atoms. The molecule has 3 aromatic rings. The monoisotopic (exact) mass is 466 g/mol. The van der Waals surface area contributed by atoms with Gasteiger partial charge in [0.25, 0.3) is 11.5 Å². The molecular weight excluding hydrogens is 440 g/mol. The van der Waals surface area contributed by atoms with Gasteiger partial charge in [0.05, 0.1) is 26.0 Å². The maximum absolute atomic E-state index is 12.4. The van der Waals surface area contributed by atoms with Crippen molar-refractivity contribution in [3.05, 3.63) is 40.7 Å². The molecule has 0 unspecified atom stereocenters. The third kappa shape index (κ3) is 4.82. The van der Waals surface area contributed by atoms with Crippen LogP contribution in [0, 0.1) is 0 Å². The second-order valence-electron chi connectivity index (χ2n) is 8.28. The van der Waals surface area contributed by atoms with Crippen molar-refractivity contribution in [2.24, 2.45) is 0 Å². The van der Waals surface area contributed by atoms with E-state index in [2.05, 4.69) is 35.5 Å². The molecule has 2 aliphatic rings. The van der Waals surface area contributed by atoms with E-state index in [4.69, 9.17) is 9.47 Å². The average molecular weight is 467 g/mol. The van der Waals surface area contributed by atoms with Gasteiger partial charge in [-0.15, -0.1) is 0 Å². The van der Waals surface area contributed by atoms with E-state index in [1.165, 1.54) is 6.20 Å². The lowest BCUT2D eigenvalue weighted by molar-refractivity contribution is -0.118. The average Bonchev–Trinajstić information content (AvgIpc) is 2.87. The Hall–Kier alpha value is -3.64. The Morgan fingerprint density at radius 1 is 1.15 bits per heavy atom. The SMILES string of the molecule is COc1ccc2ncc(=O)n(CCN3CCC(NCc4ncc5c(n4)NC(=O)CO5)CC3)c2n1. The molecule has 0 aliphatic carbocycles. The lowest BCUT2D eigenvalue weighted by Crippen LogP contribution is -2.43. The predicted octanol–water partition coefficient (Wildman–Crippen LogP) is 0.175. The van der Waals surface area contributed by atoms with Crippen LogP contribution in [0.1, 0.15) is 18.7 Å². The number of hydrogen-bond donors (Lipinski definition) is 2. The summed E-state index contributed by atoms with van der Waals surface area (Å²) in [5, 5.41) is 6.21. The number of carbonyl (C=O) groups is 1. The number of likely N-dealkylation sites (tertiary alicyclic amines) is 1. The van der Waals surface area contributed by atoms with Gasteiger partial charge >= 0.3 is 0 Å². The summed E-state index contributed by atoms with van der Waals surface area (Å²) in [6.07, 6.45) is 4.88. The molecule has 3 aromatic heterocycles. The fraction of sp³-hybridized carbons (Fsp3) is 0.455. The predicted molar refractivity (Wildman–Crippen MR) is 123 cm³/mol. The van der Waals surface area contributed by atoms with Gasteiger partial charge in [0.1, 0.15) is 11.3 Å². The summed E-state index contributed by atoms with van der Waals surface area (Å²) in [6.45, 7) is 3.62. The van der Waals surface area contributed by atoms with Crippen LogP contribution in [0.3, 0.4) is 0 Å². The molecule has 5 heterocycles. The van der Waals surface area contributed by atoms with Crippen LogP contribution in [-0.4, -0.2) is 74.7 Å². The van der Waals surface area contributed by atoms with Gasteiger partial charge in [-0.1, -0.05) is 0 Å². The van der Waals surface area contributed by atoms with E-state index in [0.717, 1.165) is 32.5 Å². The molecule has 0 bridgehead atoms. The first-order valence-corrected chi connectivity index (χ1v) is 11.2. The Bertz CT molecular complexity index is 1260. The first kappa shape index (κ1) is 22.2. The van der Waals surface area contributed by atoms with Gasteiger partial charge in [0.2, 0.25) is 5.88 Å². The van der Waals surface area contributed by atoms with Crippen LogP contribution in [0.25, 0.3) is 11.2 Å². The Morgan fingerprint density at radius 2 is 2.00 bits per heavy atom. The van der Waals surface area contributed by atoms with Crippen molar-refractivity contribution in [2.45, 2.75) is 32.0 Å². The standard InChI is InChI=1S/C22H26N8O4/c1-33-19-3-2-15-22(28-19)30(20(32)12-24-15)9-8-29-6-4-14(5-7-29)23-11-17-25-10-16-21(26-17)27-18(31)13-34-16/h2-3,10,12,14,23H,4-9,11,13H2,1H3,(H,25,26,27,31). The van der Waals surface area contributed by atoms with Gasteiger partial charge in [-0.2, -0.15) is 4.98 Å². The minimum Gasteiger partial charge on any atom is -0.481 e. The molecule has 1 amide bonds. The number of carbonyl (C=O) groups excluding carboxylic acids is 1. The van der Waals surface area contributed by atoms with Crippen LogP contribution in [0.4, 0.5) is 5.82 Å². The Morgan fingerprint density at radius 3 is 2.82 bits per heavy atom. The molecule has 2 N–H and O–H groups in total. The minimum atomic E-state index is -0.213. The number of nitrogens with zero attached hydrogens (tertiary/aromatic N) is 6. The number of aromatic nitrogens is 5. The van der Waals surface area contributed by atoms with Gasteiger partial charge < -0.3 is 25.0 Å². The first-order chi connectivity index (χ1) is 16.6. The molecule has 12 heteroatoms. The Kier molecular flexibility index (Phi) is 6.32. The molecule has 1 saturated heterocycles. The summed E-state index contributed by atoms with van der Waals surface area (Å²) < 4.78 is 12.2. The van der Waals surface area contributed by atoms with E-state index in [1.807, 2.05) is 6.07 Å². The highest BCUT2D eigenvalue weighted by Gasteiger charge is 2.21. The molecule has 5 rings (SSSR count). The quantitative estimate of drug-likeness (QED) is 0.496. The molecule has 0 saturated carbocycles. The van der Waals surface area contributed by atoms with Crippen molar-refractivity contribution in [3.8, 4) is 11.6 Å². The van der Waals surface area contributed by atoms with Crippen LogP contribution in [0.15, 0.2) is 29.3 Å². The number of nitrogens with one attached hydrogen (secondary N) is 2. The van der Waals surface area contributed by atoms with Gasteiger partial charge in [0.15, 0.2) is 23.8 Å². The first-order valence-electron chi connectivity index (χ1n) is 11.2. The van der Waals surface area contributed by atoms with Crippen molar-refractivity contribution in [1.82, 2.24) is 34.7 Å². The van der Waals surface area contributed by atoms with Crippen LogP contribution in [0.5, 0.6) is 11.6 Å². The molecule has 1 fully saturated rings. The van der Waals surface area contributed by atoms with E-state index >= 15 is 0 Å². The fourth-order valence-corrected chi connectivity index (χ4v) is 4.19. The van der Waals surface area contributed by atoms with Crippen LogP contribution >= 0.6 is 0 Å². The van der Waals surface area contributed by atoms with Crippen molar-refractivity contribution in [1.29, 1.82) is 0 Å². The Balaban J connectivity index is 1.13. The maximum atomic E-state index is 12.4. The van der Waals surface area contributed by atoms with Gasteiger partial charge in [-0.05, 0) is 32.0 Å². The largest absolute Gasteiger partial charge is 0.481 e. The number of pyridine rings is 1. The number of amides is 1. The molecular formula is C22H26N8O4. The smallest absolute Gasteiger partial charge is 0.270 e. The highest BCUT2D eigenvalue weighted by molar-refractivity contribution is 5.94. The summed E-state index contributed by atoms with van der Waals surface area (Å²) in [7, 11) is 1.55. The van der Waals surface area contributed by atoms with E-state index in [0.29, 0.717) is 53.6 Å². The van der Waals surface area contributed by atoms with E-state index < -0.39 is 0 Å². The topological polar surface area (TPSA) is 136 Å². The maximum Gasteiger partial charge on any atom is 0.270 e. The van der Waals surface area contributed by atoms with E-state index in [1.54, 1.807) is 23.9 Å². The van der Waals surface area contributed by atoms with Gasteiger partial charge in [0, 0.05) is 25.2 Å². The van der Waals surface area contributed by atoms with E-state index in [9.17, 15) is 9.59 Å². The zero-order chi connectivity index (χ0) is 23.5. The zero-order valence-corrected chi connectivity index (χ0v) is 18.9. The van der Waals surface area contributed by atoms with Crippen molar-refractivity contribution < 1.29 is 14.3 Å². The van der Waals surface area contributed by atoms with Crippen molar-refractivity contribution in [2.75, 3.05) is 38.7 Å². The van der Waals surface area contributed by atoms with Gasteiger partial charge in [-0.25, -0.2) is 15.0 Å². The summed E-state index contributed by atoms with van der Waals surface area (Å²) in [5.74, 6) is 1.77. The highest BCUT2D eigenvalue weighted by atomic mass is 16.5. The second-order valence-corrected chi connectivity index (χ2v) is 8.28. The zero-order valence-electron chi connectivity index (χ0n) is 18.9. The molecule has 0 atom stereocenters. The molecule has 178 valence electrons. The number of fused-ring (bicyclic) bond motifs is 2. The summed E-state index contributed by atoms with van der Waals surface area (Å²) in [5.41, 5.74) is 1.03. The fourth-order valence-electron chi connectivity index (χ4n) is 4.19. The molecule has 0 aromatic carbocycles. The Labute approximate surface area is 195 Å². The summed E-state index contributed by atoms with van der Waals surface area (Å²) >= 11 is 0. The number of piperidine rings is 1. The summed E-state index contributed by atoms with van der Waals surface area (Å²) in [4.78, 5) is 43.6. The lowest BCUT2D eigenvalue weighted by atomic mass is 10.1. The third-order valence-corrected chi connectivity index (χ3v) is 6.07. The number of ether oxygens (including phenoxy) is 2. The van der Waals surface area contributed by atoms with Gasteiger partial charge in [-0.3, -0.25) is 14.2 Å². The number of methoxy groups -OCH3 is 1. The second kappa shape index (κ2) is 9.69. The highest BCUT2D eigenvalue weighted by Crippen LogP contribution is 2.23. The van der Waals surface area contributed by atoms with Crippen LogP contribution in [-0.2, 0) is 17.9 Å². The minimum absolute atomic E-state index is 0.0107. The van der Waals surface area contributed by atoms with E-state index in [-0.39, 0.29) is 18.1 Å². The van der Waals surface area contributed by atoms with Crippen molar-refractivity contribution in [3.63, 3.8) is 0 Å². The van der Waals surface area contributed by atoms with Crippen molar-refractivity contribution >= 4 is 22.9 Å². The van der Waals surface area contributed by atoms with Crippen LogP contribution < -0.4 is 25.7 Å². The number of hydrogen-bond acceptors (Lipinski definition) is 10. The molecule has 0 spiro atoms. The summed E-state index contributed by atoms with van der Waals surface area (Å²) in [6, 6.07) is 3.89. The molecule has 0 radical (unpaired) electrons. The number of anilines is 1. The normalized spacial score (nSPS) is 16.7. The lowest BCUT2D eigenvalue weighted by Gasteiger charge is -2.32. The van der Waals surface area contributed by atoms with Crippen LogP contribution in [0.2, 0.25) is 0 Å². The molecule has 12 nitrogen and oxygen atoms in total.